The number of anilines is 1. The van der Waals surface area contributed by atoms with E-state index in [1.807, 2.05) is 6.92 Å². The Kier molecular flexibility index (Phi) is 5.65. The normalized spacial score (nSPS) is 12.8. The Morgan fingerprint density at radius 2 is 2.00 bits per heavy atom. The summed E-state index contributed by atoms with van der Waals surface area (Å²) in [5, 5.41) is 2.59. The zero-order chi connectivity index (χ0) is 16.2. The van der Waals surface area contributed by atoms with E-state index in [9.17, 15) is 22.0 Å². The van der Waals surface area contributed by atoms with Crippen LogP contribution >= 0.6 is 0 Å². The van der Waals surface area contributed by atoms with Crippen LogP contribution in [0.25, 0.3) is 0 Å². The number of carbonyl (C=O) groups is 1. The van der Waals surface area contributed by atoms with E-state index in [1.54, 1.807) is 6.92 Å². The van der Waals surface area contributed by atoms with Crippen molar-refractivity contribution in [2.24, 2.45) is 0 Å². The van der Waals surface area contributed by atoms with Crippen molar-refractivity contribution in [3.05, 3.63) is 29.8 Å². The third-order valence-electron chi connectivity index (χ3n) is 2.89. The van der Waals surface area contributed by atoms with Crippen molar-refractivity contribution in [2.75, 3.05) is 17.1 Å². The molecule has 1 unspecified atom stereocenters. The number of nitrogens with zero attached hydrogens (tertiary/aromatic N) is 1. The van der Waals surface area contributed by atoms with E-state index >= 15 is 0 Å². The maximum absolute atomic E-state index is 13.7. The van der Waals surface area contributed by atoms with Gasteiger partial charge < -0.3 is 5.32 Å². The second-order valence-electron chi connectivity index (χ2n) is 4.74. The Labute approximate surface area is 123 Å². The van der Waals surface area contributed by atoms with Gasteiger partial charge in [0.2, 0.25) is 15.9 Å². The number of halogens is 2. The molecule has 0 heterocycles. The van der Waals surface area contributed by atoms with Crippen LogP contribution in [0.15, 0.2) is 18.2 Å². The third kappa shape index (κ3) is 4.96. The van der Waals surface area contributed by atoms with Gasteiger partial charge in [0.25, 0.3) is 0 Å². The van der Waals surface area contributed by atoms with Crippen LogP contribution in [0.4, 0.5) is 14.5 Å². The highest BCUT2D eigenvalue weighted by molar-refractivity contribution is 7.92. The minimum atomic E-state index is -3.88. The second-order valence-corrected chi connectivity index (χ2v) is 6.65. The average molecular weight is 320 g/mol. The molecular formula is C13H18F2N2O3S. The fourth-order valence-corrected chi connectivity index (χ4v) is 2.47. The molecule has 0 saturated heterocycles. The van der Waals surface area contributed by atoms with Crippen LogP contribution in [-0.4, -0.2) is 33.2 Å². The maximum Gasteiger partial charge on any atom is 0.240 e. The van der Waals surface area contributed by atoms with Crippen molar-refractivity contribution >= 4 is 21.6 Å². The molecule has 0 aliphatic carbocycles. The molecule has 8 heteroatoms. The highest BCUT2D eigenvalue weighted by atomic mass is 32.2. The molecule has 0 aromatic heterocycles. The van der Waals surface area contributed by atoms with Gasteiger partial charge in [0.15, 0.2) is 0 Å². The van der Waals surface area contributed by atoms with Crippen molar-refractivity contribution < 1.29 is 22.0 Å². The van der Waals surface area contributed by atoms with Crippen LogP contribution in [0.5, 0.6) is 0 Å². The Hall–Kier alpha value is -1.70. The highest BCUT2D eigenvalue weighted by Crippen LogP contribution is 2.22. The number of carbonyl (C=O) groups excluding carboxylic acids is 1. The van der Waals surface area contributed by atoms with Crippen LogP contribution in [0.1, 0.15) is 20.3 Å². The van der Waals surface area contributed by atoms with E-state index in [-0.39, 0.29) is 11.7 Å². The van der Waals surface area contributed by atoms with E-state index < -0.39 is 34.1 Å². The zero-order valence-electron chi connectivity index (χ0n) is 12.1. The number of rotatable bonds is 6. The van der Waals surface area contributed by atoms with Crippen LogP contribution in [0.3, 0.4) is 0 Å². The molecule has 0 bridgehead atoms. The first-order valence-corrected chi connectivity index (χ1v) is 8.22. The lowest BCUT2D eigenvalue weighted by molar-refractivity contribution is -0.120. The van der Waals surface area contributed by atoms with Crippen molar-refractivity contribution in [2.45, 2.75) is 26.3 Å². The van der Waals surface area contributed by atoms with E-state index in [4.69, 9.17) is 0 Å². The molecule has 0 aliphatic rings. The van der Waals surface area contributed by atoms with Crippen molar-refractivity contribution in [3.8, 4) is 0 Å². The summed E-state index contributed by atoms with van der Waals surface area (Å²) < 4.78 is 50.7. The van der Waals surface area contributed by atoms with Gasteiger partial charge in [-0.2, -0.15) is 0 Å². The minimum Gasteiger partial charge on any atom is -0.352 e. The first-order chi connectivity index (χ1) is 9.65. The molecule has 1 atom stereocenters. The molecule has 118 valence electrons. The Morgan fingerprint density at radius 1 is 1.38 bits per heavy atom. The van der Waals surface area contributed by atoms with Crippen LogP contribution in [-0.2, 0) is 14.8 Å². The summed E-state index contributed by atoms with van der Waals surface area (Å²) in [5.74, 6) is -2.43. The number of benzene rings is 1. The third-order valence-corrected chi connectivity index (χ3v) is 4.01. The van der Waals surface area contributed by atoms with Crippen LogP contribution in [0.2, 0.25) is 0 Å². The van der Waals surface area contributed by atoms with Crippen LogP contribution in [0, 0.1) is 11.6 Å². The molecule has 1 aromatic rings. The van der Waals surface area contributed by atoms with Crippen molar-refractivity contribution in [1.82, 2.24) is 5.32 Å². The fourth-order valence-electron chi connectivity index (χ4n) is 1.62. The predicted molar refractivity (Wildman–Crippen MR) is 76.4 cm³/mol. The highest BCUT2D eigenvalue weighted by Gasteiger charge is 2.24. The van der Waals surface area contributed by atoms with Crippen molar-refractivity contribution in [3.63, 3.8) is 0 Å². The molecule has 0 spiro atoms. The summed E-state index contributed by atoms with van der Waals surface area (Å²) in [6, 6.07) is 2.36. The summed E-state index contributed by atoms with van der Waals surface area (Å²) in [6.07, 6.45) is 1.53. The molecule has 0 fully saturated rings. The average Bonchev–Trinajstić information content (AvgIpc) is 2.35. The summed E-state index contributed by atoms with van der Waals surface area (Å²) in [5.41, 5.74) is -0.363. The molecule has 5 nitrogen and oxygen atoms in total. The molecule has 1 N–H and O–H groups in total. The van der Waals surface area contributed by atoms with Crippen molar-refractivity contribution in [1.29, 1.82) is 0 Å². The van der Waals surface area contributed by atoms with E-state index in [0.717, 1.165) is 18.4 Å². The Bertz CT molecular complexity index is 620. The molecule has 1 aromatic carbocycles. The zero-order valence-corrected chi connectivity index (χ0v) is 12.9. The first kappa shape index (κ1) is 17.4. The smallest absolute Gasteiger partial charge is 0.240 e. The number of sulfonamides is 1. The summed E-state index contributed by atoms with van der Waals surface area (Å²) >= 11 is 0. The quantitative estimate of drug-likeness (QED) is 0.866. The maximum atomic E-state index is 13.7. The second kappa shape index (κ2) is 6.84. The SMILES string of the molecule is CCC(C)NC(=O)CN(c1ccc(F)cc1F)S(C)(=O)=O. The van der Waals surface area contributed by atoms with E-state index in [2.05, 4.69) is 5.32 Å². The van der Waals surface area contributed by atoms with Gasteiger partial charge in [-0.15, -0.1) is 0 Å². The van der Waals surface area contributed by atoms with Gasteiger partial charge in [-0.1, -0.05) is 6.92 Å². The van der Waals surface area contributed by atoms with Gasteiger partial charge in [-0.05, 0) is 25.5 Å². The number of amides is 1. The summed E-state index contributed by atoms with van der Waals surface area (Å²) in [6.45, 7) is 3.06. The Morgan fingerprint density at radius 3 is 2.48 bits per heavy atom. The predicted octanol–water partition coefficient (Wildman–Crippen LogP) is 1.65. The number of hydrogen-bond donors (Lipinski definition) is 1. The number of hydrogen-bond acceptors (Lipinski definition) is 3. The molecular weight excluding hydrogens is 302 g/mol. The lowest BCUT2D eigenvalue weighted by Crippen LogP contribution is -2.43. The molecule has 21 heavy (non-hydrogen) atoms. The lowest BCUT2D eigenvalue weighted by Gasteiger charge is -2.23. The summed E-state index contributed by atoms with van der Waals surface area (Å²) in [4.78, 5) is 11.8. The van der Waals surface area contributed by atoms with Gasteiger partial charge in [0.1, 0.15) is 18.2 Å². The molecule has 0 aliphatic heterocycles. The first-order valence-electron chi connectivity index (χ1n) is 6.37. The van der Waals surface area contributed by atoms with Gasteiger partial charge in [0.05, 0.1) is 11.9 Å². The standard InChI is InChI=1S/C13H18F2N2O3S/c1-4-9(2)16-13(18)8-17(21(3,19)20)12-6-5-10(14)7-11(12)15/h5-7,9H,4,8H2,1-3H3,(H,16,18). The van der Waals surface area contributed by atoms with Crippen LogP contribution < -0.4 is 9.62 Å². The van der Waals surface area contributed by atoms with E-state index in [1.165, 1.54) is 0 Å². The minimum absolute atomic E-state index is 0.128. The fraction of sp³-hybridized carbons (Fsp3) is 0.462. The number of nitrogens with one attached hydrogen (secondary N) is 1. The van der Waals surface area contributed by atoms with Gasteiger partial charge in [-0.3, -0.25) is 9.10 Å². The largest absolute Gasteiger partial charge is 0.352 e. The molecule has 1 amide bonds. The van der Waals surface area contributed by atoms with Gasteiger partial charge >= 0.3 is 0 Å². The molecule has 0 saturated carbocycles. The molecule has 1 rings (SSSR count). The van der Waals surface area contributed by atoms with Gasteiger partial charge in [-0.25, -0.2) is 17.2 Å². The topological polar surface area (TPSA) is 66.5 Å². The lowest BCUT2D eigenvalue weighted by atomic mass is 10.2. The molecule has 0 radical (unpaired) electrons. The monoisotopic (exact) mass is 320 g/mol. The van der Waals surface area contributed by atoms with Gasteiger partial charge in [0, 0.05) is 12.1 Å². The van der Waals surface area contributed by atoms with E-state index in [0.29, 0.717) is 16.8 Å². The summed E-state index contributed by atoms with van der Waals surface area (Å²) in [7, 11) is -3.88. The Balaban J connectivity index is 3.05.